The Labute approximate surface area is 143 Å². The van der Waals surface area contributed by atoms with Crippen LogP contribution < -0.4 is 0 Å². The Kier molecular flexibility index (Phi) is 4.83. The molecule has 2 N–H and O–H groups in total. The Balaban J connectivity index is 2.83. The lowest BCUT2D eigenvalue weighted by atomic mass is 9.89. The van der Waals surface area contributed by atoms with Crippen LogP contribution in [0, 0.1) is 6.92 Å². The first-order valence-corrected chi connectivity index (χ1v) is 7.41. The lowest BCUT2D eigenvalue weighted by Gasteiger charge is -2.14. The van der Waals surface area contributed by atoms with Crippen molar-refractivity contribution in [3.05, 3.63) is 58.1 Å². The second-order valence-corrected chi connectivity index (χ2v) is 5.66. The summed E-state index contributed by atoms with van der Waals surface area (Å²) >= 11 is 0. The van der Waals surface area contributed by atoms with Crippen molar-refractivity contribution in [1.29, 1.82) is 0 Å². The molecule has 0 aliphatic rings. The molecule has 0 amide bonds. The smallest absolute Gasteiger partial charge is 0.337 e. The van der Waals surface area contributed by atoms with Gasteiger partial charge in [0.05, 0.1) is 11.1 Å². The van der Waals surface area contributed by atoms with Gasteiger partial charge in [-0.25, -0.2) is 9.59 Å². The fourth-order valence-corrected chi connectivity index (χ4v) is 2.81. The van der Waals surface area contributed by atoms with E-state index in [1.165, 1.54) is 32.0 Å². The number of aryl methyl sites for hydroxylation is 1. The molecule has 0 saturated carbocycles. The Morgan fingerprint density at radius 2 is 1.40 bits per heavy atom. The van der Waals surface area contributed by atoms with Crippen LogP contribution in [-0.4, -0.2) is 33.7 Å². The van der Waals surface area contributed by atoms with Crippen molar-refractivity contribution in [2.75, 3.05) is 0 Å². The number of Topliss-reactive ketones (excluding diaryl/α,β-unsaturated/α-hetero) is 2. The molecule has 2 rings (SSSR count). The van der Waals surface area contributed by atoms with Crippen LogP contribution in [0.4, 0.5) is 0 Å². The van der Waals surface area contributed by atoms with Gasteiger partial charge in [-0.1, -0.05) is 18.2 Å². The van der Waals surface area contributed by atoms with Crippen molar-refractivity contribution in [2.45, 2.75) is 20.8 Å². The van der Waals surface area contributed by atoms with Crippen LogP contribution in [0.3, 0.4) is 0 Å². The van der Waals surface area contributed by atoms with Gasteiger partial charge in [-0.3, -0.25) is 9.59 Å². The molecule has 0 saturated heterocycles. The molecule has 128 valence electrons. The van der Waals surface area contributed by atoms with E-state index in [2.05, 4.69) is 0 Å². The summed E-state index contributed by atoms with van der Waals surface area (Å²) in [6.45, 7) is 4.16. The molecular formula is C19H16O6. The minimum Gasteiger partial charge on any atom is -0.478 e. The topological polar surface area (TPSA) is 109 Å². The largest absolute Gasteiger partial charge is 0.478 e. The highest BCUT2D eigenvalue weighted by molar-refractivity contribution is 6.11. The van der Waals surface area contributed by atoms with Gasteiger partial charge in [-0.15, -0.1) is 0 Å². The first-order valence-electron chi connectivity index (χ1n) is 7.41. The molecule has 0 aromatic heterocycles. The van der Waals surface area contributed by atoms with E-state index in [-0.39, 0.29) is 33.6 Å². The molecule has 6 nitrogen and oxygen atoms in total. The minimum atomic E-state index is -1.27. The van der Waals surface area contributed by atoms with Crippen molar-refractivity contribution in [3.8, 4) is 11.1 Å². The number of hydrogen-bond donors (Lipinski definition) is 2. The zero-order valence-corrected chi connectivity index (χ0v) is 13.9. The minimum absolute atomic E-state index is 0.0220. The molecule has 25 heavy (non-hydrogen) atoms. The average Bonchev–Trinajstić information content (AvgIpc) is 2.53. The Bertz CT molecular complexity index is 924. The standard InChI is InChI=1S/C19H16O6/c1-9-4-6-13(17(19(24)25)16(9)11(3)21)12-5-7-14(18(22)23)15(8-12)10(2)20/h4-8H,1-3H3,(H,22,23)(H,24,25). The number of carbonyl (C=O) groups is 4. The van der Waals surface area contributed by atoms with E-state index in [0.29, 0.717) is 11.1 Å². The van der Waals surface area contributed by atoms with Crippen LogP contribution >= 0.6 is 0 Å². The van der Waals surface area contributed by atoms with Crippen LogP contribution in [0.2, 0.25) is 0 Å². The second kappa shape index (κ2) is 6.68. The van der Waals surface area contributed by atoms with Gasteiger partial charge >= 0.3 is 11.9 Å². The number of hydrogen-bond acceptors (Lipinski definition) is 4. The molecule has 0 radical (unpaired) electrons. The third-order valence-electron chi connectivity index (χ3n) is 3.92. The van der Waals surface area contributed by atoms with Gasteiger partial charge in [-0.05, 0) is 49.6 Å². The zero-order chi connectivity index (χ0) is 18.9. The highest BCUT2D eigenvalue weighted by Gasteiger charge is 2.23. The first-order chi connectivity index (χ1) is 11.6. The van der Waals surface area contributed by atoms with Crippen LogP contribution in [-0.2, 0) is 0 Å². The fourth-order valence-electron chi connectivity index (χ4n) is 2.81. The third kappa shape index (κ3) is 3.33. The SMILES string of the molecule is CC(=O)c1cc(-c2ccc(C)c(C(C)=O)c2C(=O)O)ccc1C(=O)O. The highest BCUT2D eigenvalue weighted by atomic mass is 16.4. The summed E-state index contributed by atoms with van der Waals surface area (Å²) in [4.78, 5) is 46.7. The third-order valence-corrected chi connectivity index (χ3v) is 3.92. The molecule has 0 unspecified atom stereocenters. The summed E-state index contributed by atoms with van der Waals surface area (Å²) in [7, 11) is 0. The molecule has 2 aromatic rings. The fraction of sp³-hybridized carbons (Fsp3) is 0.158. The number of carbonyl (C=O) groups excluding carboxylic acids is 2. The van der Waals surface area contributed by atoms with Gasteiger partial charge in [0.1, 0.15) is 0 Å². The van der Waals surface area contributed by atoms with Gasteiger partial charge in [-0.2, -0.15) is 0 Å². The van der Waals surface area contributed by atoms with Crippen molar-refractivity contribution in [1.82, 2.24) is 0 Å². The number of benzene rings is 2. The molecule has 0 fully saturated rings. The average molecular weight is 340 g/mol. The maximum Gasteiger partial charge on any atom is 0.337 e. The van der Waals surface area contributed by atoms with Crippen molar-refractivity contribution in [2.24, 2.45) is 0 Å². The van der Waals surface area contributed by atoms with E-state index >= 15 is 0 Å². The number of carboxylic acid groups (broad SMARTS) is 2. The lowest BCUT2D eigenvalue weighted by molar-refractivity contribution is 0.0683. The molecule has 6 heteroatoms. The normalized spacial score (nSPS) is 10.4. The van der Waals surface area contributed by atoms with E-state index in [1.54, 1.807) is 19.1 Å². The number of rotatable bonds is 5. The summed E-state index contributed by atoms with van der Waals surface area (Å²) in [5.74, 6) is -3.35. The van der Waals surface area contributed by atoms with E-state index in [1.807, 2.05) is 0 Å². The molecule has 0 spiro atoms. The Morgan fingerprint density at radius 1 is 0.760 bits per heavy atom. The second-order valence-electron chi connectivity index (χ2n) is 5.66. The molecular weight excluding hydrogens is 324 g/mol. The summed E-state index contributed by atoms with van der Waals surface area (Å²) in [6.07, 6.45) is 0. The van der Waals surface area contributed by atoms with Crippen molar-refractivity contribution >= 4 is 23.5 Å². The van der Waals surface area contributed by atoms with Crippen LogP contribution in [0.1, 0.15) is 60.8 Å². The predicted molar refractivity (Wildman–Crippen MR) is 90.5 cm³/mol. The van der Waals surface area contributed by atoms with Gasteiger partial charge in [0.15, 0.2) is 11.6 Å². The molecule has 0 heterocycles. The van der Waals surface area contributed by atoms with Crippen LogP contribution in [0.5, 0.6) is 0 Å². The van der Waals surface area contributed by atoms with E-state index in [9.17, 15) is 29.4 Å². The number of ketones is 2. The summed E-state index contributed by atoms with van der Waals surface area (Å²) in [6, 6.07) is 7.19. The maximum absolute atomic E-state index is 11.9. The first kappa shape index (κ1) is 18.1. The van der Waals surface area contributed by atoms with Crippen molar-refractivity contribution < 1.29 is 29.4 Å². The van der Waals surface area contributed by atoms with Gasteiger partial charge in [0, 0.05) is 11.1 Å². The van der Waals surface area contributed by atoms with Crippen LogP contribution in [0.25, 0.3) is 11.1 Å². The number of aromatic carboxylic acids is 2. The Morgan fingerprint density at radius 3 is 1.88 bits per heavy atom. The number of carboxylic acids is 2. The maximum atomic E-state index is 11.9. The van der Waals surface area contributed by atoms with E-state index in [0.717, 1.165) is 0 Å². The zero-order valence-electron chi connectivity index (χ0n) is 13.9. The lowest BCUT2D eigenvalue weighted by Crippen LogP contribution is -2.11. The predicted octanol–water partition coefficient (Wildman–Crippen LogP) is 3.46. The quantitative estimate of drug-likeness (QED) is 0.807. The van der Waals surface area contributed by atoms with Gasteiger partial charge < -0.3 is 10.2 Å². The molecule has 0 aliphatic heterocycles. The van der Waals surface area contributed by atoms with Gasteiger partial charge in [0.2, 0.25) is 0 Å². The summed E-state index contributed by atoms with van der Waals surface area (Å²) < 4.78 is 0. The van der Waals surface area contributed by atoms with Crippen molar-refractivity contribution in [3.63, 3.8) is 0 Å². The molecule has 0 bridgehead atoms. The highest BCUT2D eigenvalue weighted by Crippen LogP contribution is 2.30. The van der Waals surface area contributed by atoms with E-state index < -0.39 is 17.7 Å². The monoisotopic (exact) mass is 340 g/mol. The summed E-state index contributed by atoms with van der Waals surface area (Å²) in [5, 5.41) is 18.8. The summed E-state index contributed by atoms with van der Waals surface area (Å²) in [5.41, 5.74) is 0.889. The van der Waals surface area contributed by atoms with Gasteiger partial charge in [0.25, 0.3) is 0 Å². The molecule has 0 aliphatic carbocycles. The van der Waals surface area contributed by atoms with E-state index in [4.69, 9.17) is 0 Å². The molecule has 0 atom stereocenters. The van der Waals surface area contributed by atoms with Crippen LogP contribution in [0.15, 0.2) is 30.3 Å². The molecule has 2 aromatic carbocycles. The Hall–Kier alpha value is -3.28.